The Morgan fingerprint density at radius 3 is 2.59 bits per heavy atom. The molecular weight excluding hydrogens is 421 g/mol. The van der Waals surface area contributed by atoms with Gasteiger partial charge in [0.05, 0.1) is 11.1 Å². The molecule has 0 bridgehead atoms. The Kier molecular flexibility index (Phi) is 7.43. The number of fused-ring (bicyclic) bond motifs is 1. The number of halogens is 1. The number of rotatable bonds is 7. The van der Waals surface area contributed by atoms with Crippen LogP contribution in [0.25, 0.3) is 10.9 Å². The van der Waals surface area contributed by atoms with Crippen LogP contribution >= 0.6 is 11.8 Å². The lowest BCUT2D eigenvalue weighted by atomic mass is 9.92. The number of aromatic nitrogens is 1. The number of hydrogen-bond donors (Lipinski definition) is 1. The summed E-state index contributed by atoms with van der Waals surface area (Å²) in [7, 11) is 0. The maximum atomic E-state index is 13.2. The van der Waals surface area contributed by atoms with Crippen LogP contribution in [-0.4, -0.2) is 42.0 Å². The second-order valence-electron chi connectivity index (χ2n) is 8.90. The van der Waals surface area contributed by atoms with Crippen LogP contribution in [0.3, 0.4) is 0 Å². The van der Waals surface area contributed by atoms with E-state index >= 15 is 0 Å². The predicted octanol–water partition coefficient (Wildman–Crippen LogP) is 5.62. The molecular formula is C26H30FN3OS. The van der Waals surface area contributed by atoms with Crippen molar-refractivity contribution in [3.05, 3.63) is 66.0 Å². The van der Waals surface area contributed by atoms with Crippen LogP contribution in [0.2, 0.25) is 0 Å². The first kappa shape index (κ1) is 22.7. The quantitative estimate of drug-likeness (QED) is 0.474. The van der Waals surface area contributed by atoms with Crippen LogP contribution in [0.1, 0.15) is 37.0 Å². The molecule has 4 nitrogen and oxygen atoms in total. The molecule has 1 N–H and O–H groups in total. The molecule has 1 fully saturated rings. The number of likely N-dealkylation sites (tertiary alicyclic amines) is 1. The van der Waals surface area contributed by atoms with E-state index in [0.29, 0.717) is 12.1 Å². The lowest BCUT2D eigenvalue weighted by Gasteiger charge is -2.34. The maximum absolute atomic E-state index is 13.2. The molecule has 32 heavy (non-hydrogen) atoms. The summed E-state index contributed by atoms with van der Waals surface area (Å²) in [5.74, 6) is 1.14. The summed E-state index contributed by atoms with van der Waals surface area (Å²) in [5.41, 5.74) is 1.40. The molecule has 2 aromatic carbocycles. The molecule has 1 amide bonds. The number of benzene rings is 2. The molecule has 4 rings (SSSR count). The van der Waals surface area contributed by atoms with Crippen molar-refractivity contribution in [1.29, 1.82) is 0 Å². The summed E-state index contributed by atoms with van der Waals surface area (Å²) in [6, 6.07) is 15.8. The van der Waals surface area contributed by atoms with Gasteiger partial charge in [-0.05, 0) is 67.6 Å². The molecule has 1 aromatic heterocycles. The first-order valence-electron chi connectivity index (χ1n) is 11.3. The number of amides is 1. The third-order valence-electron chi connectivity index (χ3n) is 5.85. The van der Waals surface area contributed by atoms with Gasteiger partial charge in [-0.2, -0.15) is 0 Å². The van der Waals surface area contributed by atoms with Crippen molar-refractivity contribution < 1.29 is 9.18 Å². The molecule has 0 spiro atoms. The number of piperidine rings is 1. The van der Waals surface area contributed by atoms with Crippen molar-refractivity contribution in [3.63, 3.8) is 0 Å². The molecule has 1 aliphatic heterocycles. The van der Waals surface area contributed by atoms with Gasteiger partial charge in [0.1, 0.15) is 10.8 Å². The number of hydrogen-bond acceptors (Lipinski definition) is 4. The van der Waals surface area contributed by atoms with Crippen LogP contribution in [0.5, 0.6) is 0 Å². The van der Waals surface area contributed by atoms with E-state index in [1.54, 1.807) is 12.1 Å². The predicted molar refractivity (Wildman–Crippen MR) is 129 cm³/mol. The molecule has 168 valence electrons. The van der Waals surface area contributed by atoms with E-state index < -0.39 is 0 Å². The van der Waals surface area contributed by atoms with Gasteiger partial charge in [0, 0.05) is 29.9 Å². The number of nitrogens with zero attached hydrogens (tertiary/aromatic N) is 2. The monoisotopic (exact) mass is 451 g/mol. The summed E-state index contributed by atoms with van der Waals surface area (Å²) in [4.78, 5) is 21.1. The molecule has 1 aliphatic rings. The fraction of sp³-hybridized carbons (Fsp3) is 0.385. The fourth-order valence-electron chi connectivity index (χ4n) is 4.59. The third kappa shape index (κ3) is 5.87. The van der Waals surface area contributed by atoms with E-state index in [2.05, 4.69) is 24.1 Å². The standard InChI is InChI=1S/C26H30FN3OS/c1-18-14-19(2)17-30(16-18)13-5-12-28-26(31)23-15-25(29-24-7-4-3-6-22(23)24)32-21-10-8-20(27)9-11-21/h3-4,6-11,15,18-19H,5,12-14,16-17H2,1-2H3,(H,28,31)/t18-,19-/m1/s1. The van der Waals surface area contributed by atoms with E-state index in [9.17, 15) is 9.18 Å². The van der Waals surface area contributed by atoms with E-state index in [1.165, 1.54) is 30.3 Å². The summed E-state index contributed by atoms with van der Waals surface area (Å²) in [5, 5.41) is 4.66. The summed E-state index contributed by atoms with van der Waals surface area (Å²) < 4.78 is 13.2. The molecule has 0 unspecified atom stereocenters. The van der Waals surface area contributed by atoms with Gasteiger partial charge in [-0.25, -0.2) is 9.37 Å². The smallest absolute Gasteiger partial charge is 0.252 e. The van der Waals surface area contributed by atoms with Gasteiger partial charge in [-0.15, -0.1) is 0 Å². The largest absolute Gasteiger partial charge is 0.352 e. The fourth-order valence-corrected chi connectivity index (χ4v) is 5.42. The topological polar surface area (TPSA) is 45.2 Å². The Labute approximate surface area is 193 Å². The highest BCUT2D eigenvalue weighted by atomic mass is 32.2. The number of nitrogens with one attached hydrogen (secondary N) is 1. The average Bonchev–Trinajstić information content (AvgIpc) is 2.77. The minimum absolute atomic E-state index is 0.0788. The van der Waals surface area contributed by atoms with Gasteiger partial charge in [0.25, 0.3) is 5.91 Å². The zero-order chi connectivity index (χ0) is 22.5. The maximum Gasteiger partial charge on any atom is 0.252 e. The Bertz CT molecular complexity index is 1060. The van der Waals surface area contributed by atoms with Crippen molar-refractivity contribution >= 4 is 28.6 Å². The molecule has 1 saturated heterocycles. The second-order valence-corrected chi connectivity index (χ2v) is 9.99. The first-order chi connectivity index (χ1) is 15.5. The highest BCUT2D eigenvalue weighted by Crippen LogP contribution is 2.30. The van der Waals surface area contributed by atoms with Crippen LogP contribution in [0, 0.1) is 17.7 Å². The number of carbonyl (C=O) groups is 1. The van der Waals surface area contributed by atoms with Crippen molar-refractivity contribution in [3.8, 4) is 0 Å². The van der Waals surface area contributed by atoms with Crippen LogP contribution in [-0.2, 0) is 0 Å². The van der Waals surface area contributed by atoms with E-state index in [-0.39, 0.29) is 11.7 Å². The Morgan fingerprint density at radius 1 is 1.12 bits per heavy atom. The van der Waals surface area contributed by atoms with E-state index in [0.717, 1.165) is 58.7 Å². The third-order valence-corrected chi connectivity index (χ3v) is 6.78. The Morgan fingerprint density at radius 2 is 1.84 bits per heavy atom. The Hall–Kier alpha value is -2.44. The molecule has 0 radical (unpaired) electrons. The van der Waals surface area contributed by atoms with E-state index in [1.807, 2.05) is 30.3 Å². The van der Waals surface area contributed by atoms with Crippen LogP contribution < -0.4 is 5.32 Å². The lowest BCUT2D eigenvalue weighted by Crippen LogP contribution is -2.40. The van der Waals surface area contributed by atoms with Gasteiger partial charge in [-0.1, -0.05) is 43.8 Å². The van der Waals surface area contributed by atoms with Crippen molar-refractivity contribution in [1.82, 2.24) is 15.2 Å². The Balaban J connectivity index is 1.42. The SMILES string of the molecule is C[C@@H]1C[C@@H](C)CN(CCCNC(=O)c2cc(Sc3ccc(F)cc3)nc3ccccc23)C1. The average molecular weight is 452 g/mol. The molecule has 2 heterocycles. The van der Waals surface area contributed by atoms with Gasteiger partial charge in [0.2, 0.25) is 0 Å². The summed E-state index contributed by atoms with van der Waals surface area (Å²) in [6.07, 6.45) is 2.24. The molecule has 0 saturated carbocycles. The van der Waals surface area contributed by atoms with Gasteiger partial charge in [0.15, 0.2) is 0 Å². The summed E-state index contributed by atoms with van der Waals surface area (Å²) in [6.45, 7) is 8.60. The highest BCUT2D eigenvalue weighted by molar-refractivity contribution is 7.99. The van der Waals surface area contributed by atoms with Crippen LogP contribution in [0.4, 0.5) is 4.39 Å². The lowest BCUT2D eigenvalue weighted by molar-refractivity contribution is 0.0948. The summed E-state index contributed by atoms with van der Waals surface area (Å²) >= 11 is 1.43. The normalized spacial score (nSPS) is 19.2. The minimum Gasteiger partial charge on any atom is -0.352 e. The molecule has 6 heteroatoms. The number of para-hydroxylation sites is 1. The van der Waals surface area contributed by atoms with Crippen molar-refractivity contribution in [2.45, 2.75) is 36.6 Å². The number of carbonyl (C=O) groups excluding carboxylic acids is 1. The minimum atomic E-state index is -0.269. The molecule has 0 aliphatic carbocycles. The molecule has 2 atom stereocenters. The second kappa shape index (κ2) is 10.5. The molecule has 3 aromatic rings. The van der Waals surface area contributed by atoms with Crippen molar-refractivity contribution in [2.24, 2.45) is 11.8 Å². The zero-order valence-electron chi connectivity index (χ0n) is 18.7. The first-order valence-corrected chi connectivity index (χ1v) is 12.1. The van der Waals surface area contributed by atoms with E-state index in [4.69, 9.17) is 4.98 Å². The number of pyridine rings is 1. The van der Waals surface area contributed by atoms with Gasteiger partial charge >= 0.3 is 0 Å². The van der Waals surface area contributed by atoms with Gasteiger partial charge < -0.3 is 10.2 Å². The zero-order valence-corrected chi connectivity index (χ0v) is 19.5. The van der Waals surface area contributed by atoms with Crippen molar-refractivity contribution in [2.75, 3.05) is 26.2 Å². The highest BCUT2D eigenvalue weighted by Gasteiger charge is 2.21. The van der Waals surface area contributed by atoms with Gasteiger partial charge in [-0.3, -0.25) is 4.79 Å². The van der Waals surface area contributed by atoms with Crippen LogP contribution in [0.15, 0.2) is 64.5 Å².